The van der Waals surface area contributed by atoms with Crippen LogP contribution in [0.4, 0.5) is 5.69 Å². The molecule has 1 aromatic carbocycles. The Morgan fingerprint density at radius 3 is 2.46 bits per heavy atom. The van der Waals surface area contributed by atoms with Gasteiger partial charge in [0.1, 0.15) is 5.75 Å². The van der Waals surface area contributed by atoms with Gasteiger partial charge in [-0.15, -0.1) is 0 Å². The highest BCUT2D eigenvalue weighted by Gasteiger charge is 2.26. The first-order valence-corrected chi connectivity index (χ1v) is 8.76. The Kier molecular flexibility index (Phi) is 6.97. The lowest BCUT2D eigenvalue weighted by Crippen LogP contribution is -2.55. The first kappa shape index (κ1) is 19.7. The monoisotopic (exact) mass is 357 g/mol. The van der Waals surface area contributed by atoms with Gasteiger partial charge in [0.15, 0.2) is 0 Å². The Morgan fingerprint density at radius 2 is 1.96 bits per heavy atom. The third-order valence-electron chi connectivity index (χ3n) is 4.38. The number of benzene rings is 1. The van der Waals surface area contributed by atoms with Crippen molar-refractivity contribution >= 4 is 17.5 Å². The van der Waals surface area contributed by atoms with Crippen molar-refractivity contribution < 1.29 is 14.3 Å². The van der Waals surface area contributed by atoms with E-state index in [1.54, 1.807) is 37.5 Å². The molecule has 0 aromatic heterocycles. The lowest BCUT2D eigenvalue weighted by Gasteiger charge is -2.29. The molecular weight excluding hydrogens is 330 g/mol. The van der Waals surface area contributed by atoms with Gasteiger partial charge in [0.05, 0.1) is 19.2 Å². The van der Waals surface area contributed by atoms with Crippen LogP contribution in [0.2, 0.25) is 0 Å². The summed E-state index contributed by atoms with van der Waals surface area (Å²) in [5, 5.41) is 8.80. The van der Waals surface area contributed by atoms with Crippen molar-refractivity contribution in [1.82, 2.24) is 10.6 Å². The average molecular weight is 357 g/mol. The van der Waals surface area contributed by atoms with Crippen LogP contribution in [0.3, 0.4) is 0 Å². The molecule has 140 valence electrons. The van der Waals surface area contributed by atoms with E-state index in [0.717, 1.165) is 24.3 Å². The van der Waals surface area contributed by atoms with Gasteiger partial charge in [-0.05, 0) is 48.7 Å². The molecule has 2 unspecified atom stereocenters. The summed E-state index contributed by atoms with van der Waals surface area (Å²) in [5.74, 6) is 0.569. The predicted molar refractivity (Wildman–Crippen MR) is 103 cm³/mol. The summed E-state index contributed by atoms with van der Waals surface area (Å²) in [6.07, 6.45) is 3.93. The molecule has 26 heavy (non-hydrogen) atoms. The second kappa shape index (κ2) is 9.20. The average Bonchev–Trinajstić information content (AvgIpc) is 2.57. The summed E-state index contributed by atoms with van der Waals surface area (Å²) in [6, 6.07) is 6.53. The van der Waals surface area contributed by atoms with Crippen LogP contribution >= 0.6 is 0 Å². The quantitative estimate of drug-likeness (QED) is 0.492. The highest BCUT2D eigenvalue weighted by Crippen LogP contribution is 2.16. The molecule has 0 radical (unpaired) electrons. The van der Waals surface area contributed by atoms with Gasteiger partial charge >= 0.3 is 0 Å². The maximum atomic E-state index is 12.2. The van der Waals surface area contributed by atoms with Gasteiger partial charge in [-0.25, -0.2) is 0 Å². The number of rotatable bonds is 8. The van der Waals surface area contributed by atoms with E-state index in [1.807, 2.05) is 13.8 Å². The van der Waals surface area contributed by atoms with Crippen LogP contribution in [-0.4, -0.2) is 37.6 Å². The third kappa shape index (κ3) is 5.46. The van der Waals surface area contributed by atoms with E-state index in [0.29, 0.717) is 5.69 Å². The van der Waals surface area contributed by atoms with Gasteiger partial charge in [0.2, 0.25) is 11.8 Å². The predicted octanol–water partition coefficient (Wildman–Crippen LogP) is 2.25. The first-order valence-electron chi connectivity index (χ1n) is 8.76. The third-order valence-corrected chi connectivity index (χ3v) is 4.38. The number of nitrogens with one attached hydrogen (secondary N) is 3. The van der Waals surface area contributed by atoms with Crippen molar-refractivity contribution in [3.63, 3.8) is 0 Å². The molecule has 0 aliphatic carbocycles. The smallest absolute Gasteiger partial charge is 0.248 e. The van der Waals surface area contributed by atoms with Gasteiger partial charge in [0.25, 0.3) is 0 Å². The fourth-order valence-corrected chi connectivity index (χ4v) is 2.43. The summed E-state index contributed by atoms with van der Waals surface area (Å²) >= 11 is 0. The van der Waals surface area contributed by atoms with E-state index >= 15 is 0 Å². The van der Waals surface area contributed by atoms with E-state index in [-0.39, 0.29) is 29.8 Å². The van der Waals surface area contributed by atoms with E-state index in [2.05, 4.69) is 22.5 Å². The highest BCUT2D eigenvalue weighted by molar-refractivity contribution is 5.99. The summed E-state index contributed by atoms with van der Waals surface area (Å²) in [6.45, 7) is 8.93. The second-order valence-corrected chi connectivity index (χ2v) is 6.59. The highest BCUT2D eigenvalue weighted by atomic mass is 16.5. The number of ether oxygens (including phenoxy) is 1. The van der Waals surface area contributed by atoms with E-state index in [4.69, 9.17) is 4.74 Å². The molecule has 6 heteroatoms. The number of amides is 2. The molecule has 2 atom stereocenters. The molecule has 2 rings (SSSR count). The molecule has 3 N–H and O–H groups in total. The van der Waals surface area contributed by atoms with Crippen molar-refractivity contribution in [2.75, 3.05) is 19.0 Å². The minimum atomic E-state index is -0.383. The van der Waals surface area contributed by atoms with Crippen LogP contribution in [0.15, 0.2) is 48.6 Å². The molecule has 0 bridgehead atoms. The Labute approximate surface area is 154 Å². The topological polar surface area (TPSA) is 79.5 Å². The SMILES string of the molecule is C=C(C(C)C)C(C=CC(=O)Nc1ccc(OC)cc1)NC(=O)C1CCN1. The number of carbonyl (C=O) groups excluding carboxylic acids is 2. The number of carbonyl (C=O) groups is 2. The largest absolute Gasteiger partial charge is 0.497 e. The maximum absolute atomic E-state index is 12.2. The Hall–Kier alpha value is -2.60. The molecule has 1 aliphatic heterocycles. The van der Waals surface area contributed by atoms with Crippen LogP contribution in [0.5, 0.6) is 5.75 Å². The minimum absolute atomic E-state index is 0.0664. The lowest BCUT2D eigenvalue weighted by molar-refractivity contribution is -0.125. The lowest BCUT2D eigenvalue weighted by atomic mass is 9.96. The molecule has 1 fully saturated rings. The van der Waals surface area contributed by atoms with Gasteiger partial charge < -0.3 is 20.7 Å². The summed E-state index contributed by atoms with van der Waals surface area (Å²) in [5.41, 5.74) is 1.52. The Bertz CT molecular complexity index is 676. The van der Waals surface area contributed by atoms with Crippen molar-refractivity contribution in [3.8, 4) is 5.75 Å². The van der Waals surface area contributed by atoms with Gasteiger partial charge in [-0.2, -0.15) is 0 Å². The second-order valence-electron chi connectivity index (χ2n) is 6.59. The zero-order valence-corrected chi connectivity index (χ0v) is 15.5. The van der Waals surface area contributed by atoms with Crippen molar-refractivity contribution in [2.24, 2.45) is 5.92 Å². The van der Waals surface area contributed by atoms with E-state index in [1.165, 1.54) is 6.08 Å². The molecule has 0 saturated carbocycles. The molecule has 2 amide bonds. The fourth-order valence-electron chi connectivity index (χ4n) is 2.43. The number of anilines is 1. The van der Waals surface area contributed by atoms with E-state index in [9.17, 15) is 9.59 Å². The van der Waals surface area contributed by atoms with Crippen molar-refractivity contribution in [2.45, 2.75) is 32.4 Å². The van der Waals surface area contributed by atoms with Crippen LogP contribution in [0.1, 0.15) is 20.3 Å². The first-order chi connectivity index (χ1) is 12.4. The zero-order chi connectivity index (χ0) is 19.1. The van der Waals surface area contributed by atoms with Crippen molar-refractivity contribution in [3.05, 3.63) is 48.6 Å². The van der Waals surface area contributed by atoms with Gasteiger partial charge in [-0.1, -0.05) is 26.5 Å². The zero-order valence-electron chi connectivity index (χ0n) is 15.5. The van der Waals surface area contributed by atoms with Gasteiger partial charge in [0, 0.05) is 11.8 Å². The molecule has 1 aromatic rings. The number of hydrogen-bond acceptors (Lipinski definition) is 4. The number of hydrogen-bond donors (Lipinski definition) is 3. The van der Waals surface area contributed by atoms with Crippen molar-refractivity contribution in [1.29, 1.82) is 0 Å². The van der Waals surface area contributed by atoms with Crippen LogP contribution < -0.4 is 20.7 Å². The molecule has 6 nitrogen and oxygen atoms in total. The molecule has 0 spiro atoms. The summed E-state index contributed by atoms with van der Waals surface area (Å²) in [7, 11) is 1.59. The van der Waals surface area contributed by atoms with Gasteiger partial charge in [-0.3, -0.25) is 9.59 Å². The Balaban J connectivity index is 1.98. The van der Waals surface area contributed by atoms with Crippen LogP contribution in [-0.2, 0) is 9.59 Å². The standard InChI is InChI=1S/C20H27N3O3/c1-13(2)14(3)17(23-20(25)18-11-12-21-18)9-10-19(24)22-15-5-7-16(26-4)8-6-15/h5-10,13,17-18,21H,3,11-12H2,1-2,4H3,(H,22,24)(H,23,25). The Morgan fingerprint density at radius 1 is 1.31 bits per heavy atom. The van der Waals surface area contributed by atoms with Crippen LogP contribution in [0, 0.1) is 5.92 Å². The molecule has 1 heterocycles. The summed E-state index contributed by atoms with van der Waals surface area (Å²) < 4.78 is 5.09. The van der Waals surface area contributed by atoms with E-state index < -0.39 is 0 Å². The number of methoxy groups -OCH3 is 1. The maximum Gasteiger partial charge on any atom is 0.248 e. The van der Waals surface area contributed by atoms with Crippen LogP contribution in [0.25, 0.3) is 0 Å². The fraction of sp³-hybridized carbons (Fsp3) is 0.400. The molecule has 1 aliphatic rings. The molecular formula is C20H27N3O3. The summed E-state index contributed by atoms with van der Waals surface area (Å²) in [4.78, 5) is 24.4. The molecule has 1 saturated heterocycles. The minimum Gasteiger partial charge on any atom is -0.497 e. The normalized spacial score (nSPS) is 17.5.